The van der Waals surface area contributed by atoms with E-state index in [1.165, 1.54) is 51.4 Å². The summed E-state index contributed by atoms with van der Waals surface area (Å²) in [6.45, 7) is 4.48. The van der Waals surface area contributed by atoms with Crippen LogP contribution in [0.2, 0.25) is 0 Å². The quantitative estimate of drug-likeness (QED) is 0.492. The highest BCUT2D eigenvalue weighted by atomic mass is 16.7. The summed E-state index contributed by atoms with van der Waals surface area (Å²) in [5, 5.41) is 0. The average Bonchev–Trinajstić information content (AvgIpc) is 2.80. The minimum atomic E-state index is -0.318. The fourth-order valence-corrected chi connectivity index (χ4v) is 2.33. The van der Waals surface area contributed by atoms with Crippen LogP contribution >= 0.6 is 0 Å². The molecule has 100 valence electrons. The van der Waals surface area contributed by atoms with E-state index in [0.717, 1.165) is 12.8 Å². The van der Waals surface area contributed by atoms with E-state index in [2.05, 4.69) is 13.8 Å². The van der Waals surface area contributed by atoms with Crippen molar-refractivity contribution >= 4 is 0 Å². The van der Waals surface area contributed by atoms with Gasteiger partial charge in [-0.3, -0.25) is 0 Å². The van der Waals surface area contributed by atoms with E-state index in [4.69, 9.17) is 9.47 Å². The third kappa shape index (κ3) is 5.47. The monoisotopic (exact) mass is 240 g/mol. The zero-order valence-electron chi connectivity index (χ0n) is 11.5. The van der Waals surface area contributed by atoms with Gasteiger partial charge in [0.15, 0.2) is 0 Å². The average molecular weight is 240 g/mol. The van der Waals surface area contributed by atoms with Crippen molar-refractivity contribution in [3.05, 3.63) is 12.5 Å². The maximum Gasteiger partial charge on any atom is 0.249 e. The van der Waals surface area contributed by atoms with E-state index in [0.29, 0.717) is 0 Å². The zero-order chi connectivity index (χ0) is 12.4. The lowest BCUT2D eigenvalue weighted by molar-refractivity contribution is -0.153. The predicted molar refractivity (Wildman–Crippen MR) is 71.6 cm³/mol. The lowest BCUT2D eigenvalue weighted by atomic mass is 10.00. The van der Waals surface area contributed by atoms with Crippen molar-refractivity contribution < 1.29 is 9.47 Å². The molecule has 1 aliphatic rings. The van der Waals surface area contributed by atoms with Gasteiger partial charge in [-0.1, -0.05) is 52.4 Å². The van der Waals surface area contributed by atoms with Crippen molar-refractivity contribution in [1.82, 2.24) is 0 Å². The first kappa shape index (κ1) is 14.4. The molecule has 1 aliphatic heterocycles. The lowest BCUT2D eigenvalue weighted by Crippen LogP contribution is -2.29. The van der Waals surface area contributed by atoms with Crippen LogP contribution in [0.1, 0.15) is 78.1 Å². The van der Waals surface area contributed by atoms with Gasteiger partial charge in [-0.15, -0.1) is 0 Å². The molecule has 0 saturated heterocycles. The fraction of sp³-hybridized carbons (Fsp3) is 0.867. The molecular weight excluding hydrogens is 212 g/mol. The molecule has 0 unspecified atom stereocenters. The molecule has 2 heteroatoms. The molecule has 0 radical (unpaired) electrons. The molecule has 0 atom stereocenters. The third-order valence-corrected chi connectivity index (χ3v) is 3.44. The smallest absolute Gasteiger partial charge is 0.249 e. The Morgan fingerprint density at radius 2 is 1.18 bits per heavy atom. The highest BCUT2D eigenvalue weighted by Gasteiger charge is 2.34. The first-order valence-corrected chi connectivity index (χ1v) is 7.33. The summed E-state index contributed by atoms with van der Waals surface area (Å²) in [6, 6.07) is 0. The van der Waals surface area contributed by atoms with Crippen molar-refractivity contribution in [3.8, 4) is 0 Å². The molecule has 0 bridgehead atoms. The van der Waals surface area contributed by atoms with Crippen molar-refractivity contribution in [2.45, 2.75) is 83.8 Å². The Morgan fingerprint density at radius 1 is 0.706 bits per heavy atom. The molecule has 17 heavy (non-hydrogen) atoms. The molecule has 1 heterocycles. The van der Waals surface area contributed by atoms with E-state index in [1.54, 1.807) is 12.5 Å². The summed E-state index contributed by atoms with van der Waals surface area (Å²) >= 11 is 0. The van der Waals surface area contributed by atoms with Crippen LogP contribution in [-0.2, 0) is 9.47 Å². The second-order valence-corrected chi connectivity index (χ2v) is 5.04. The van der Waals surface area contributed by atoms with Crippen molar-refractivity contribution in [2.24, 2.45) is 0 Å². The topological polar surface area (TPSA) is 18.5 Å². The van der Waals surface area contributed by atoms with Crippen LogP contribution in [0.15, 0.2) is 12.5 Å². The van der Waals surface area contributed by atoms with Crippen LogP contribution in [0.3, 0.4) is 0 Å². The van der Waals surface area contributed by atoms with Gasteiger partial charge < -0.3 is 9.47 Å². The van der Waals surface area contributed by atoms with Gasteiger partial charge in [-0.25, -0.2) is 0 Å². The Morgan fingerprint density at radius 3 is 1.59 bits per heavy atom. The van der Waals surface area contributed by atoms with E-state index in [1.807, 2.05) is 0 Å². The van der Waals surface area contributed by atoms with Gasteiger partial charge in [0.05, 0.1) is 0 Å². The highest BCUT2D eigenvalue weighted by Crippen LogP contribution is 2.32. The molecule has 1 rings (SSSR count). The zero-order valence-corrected chi connectivity index (χ0v) is 11.5. The second kappa shape index (κ2) is 8.43. The first-order chi connectivity index (χ1) is 8.33. The van der Waals surface area contributed by atoms with E-state index in [-0.39, 0.29) is 5.79 Å². The van der Waals surface area contributed by atoms with Gasteiger partial charge in [0.1, 0.15) is 12.5 Å². The molecule has 2 nitrogen and oxygen atoms in total. The van der Waals surface area contributed by atoms with Gasteiger partial charge in [0, 0.05) is 12.8 Å². The number of hydrogen-bond donors (Lipinski definition) is 0. The number of ether oxygens (including phenoxy) is 2. The molecule has 0 spiro atoms. The van der Waals surface area contributed by atoms with Crippen LogP contribution in [0.25, 0.3) is 0 Å². The van der Waals surface area contributed by atoms with Gasteiger partial charge in [-0.05, 0) is 12.8 Å². The molecule has 0 aromatic carbocycles. The fourth-order valence-electron chi connectivity index (χ4n) is 2.33. The van der Waals surface area contributed by atoms with Crippen LogP contribution in [0.4, 0.5) is 0 Å². The summed E-state index contributed by atoms with van der Waals surface area (Å²) in [6.07, 6.45) is 15.7. The Labute approximate surface area is 106 Å². The maximum absolute atomic E-state index is 5.70. The SMILES string of the molecule is CCCCCCC1(CCCCCC)OC=CO1. The second-order valence-electron chi connectivity index (χ2n) is 5.04. The van der Waals surface area contributed by atoms with Crippen molar-refractivity contribution in [3.63, 3.8) is 0 Å². The molecule has 0 N–H and O–H groups in total. The molecule has 0 aromatic rings. The normalized spacial score (nSPS) is 16.8. The Balaban J connectivity index is 2.20. The number of hydrogen-bond acceptors (Lipinski definition) is 2. The molecule has 0 amide bonds. The van der Waals surface area contributed by atoms with E-state index < -0.39 is 0 Å². The minimum Gasteiger partial charge on any atom is -0.457 e. The minimum absolute atomic E-state index is 0.318. The van der Waals surface area contributed by atoms with Crippen LogP contribution in [0, 0.1) is 0 Å². The van der Waals surface area contributed by atoms with Gasteiger partial charge in [-0.2, -0.15) is 0 Å². The molecule has 0 aromatic heterocycles. The van der Waals surface area contributed by atoms with Crippen LogP contribution in [0.5, 0.6) is 0 Å². The predicted octanol–water partition coefficient (Wildman–Crippen LogP) is 5.14. The van der Waals surface area contributed by atoms with Crippen molar-refractivity contribution in [1.29, 1.82) is 0 Å². The number of rotatable bonds is 10. The first-order valence-electron chi connectivity index (χ1n) is 7.33. The Kier molecular flexibility index (Phi) is 7.14. The van der Waals surface area contributed by atoms with Gasteiger partial charge in [0.25, 0.3) is 0 Å². The van der Waals surface area contributed by atoms with Gasteiger partial charge >= 0.3 is 0 Å². The summed E-state index contributed by atoms with van der Waals surface area (Å²) in [5.74, 6) is -0.318. The van der Waals surface area contributed by atoms with Crippen LogP contribution < -0.4 is 0 Å². The summed E-state index contributed by atoms with van der Waals surface area (Å²) < 4.78 is 11.4. The van der Waals surface area contributed by atoms with Gasteiger partial charge in [0.2, 0.25) is 5.79 Å². The molecular formula is C15H28O2. The highest BCUT2D eigenvalue weighted by molar-refractivity contribution is 4.83. The van der Waals surface area contributed by atoms with E-state index >= 15 is 0 Å². The third-order valence-electron chi connectivity index (χ3n) is 3.44. The molecule has 0 saturated carbocycles. The van der Waals surface area contributed by atoms with E-state index in [9.17, 15) is 0 Å². The summed E-state index contributed by atoms with van der Waals surface area (Å²) in [4.78, 5) is 0. The Hall–Kier alpha value is -0.660. The summed E-state index contributed by atoms with van der Waals surface area (Å²) in [7, 11) is 0. The van der Waals surface area contributed by atoms with Crippen LogP contribution in [-0.4, -0.2) is 5.79 Å². The number of unbranched alkanes of at least 4 members (excludes halogenated alkanes) is 6. The molecule has 0 fully saturated rings. The largest absolute Gasteiger partial charge is 0.457 e. The van der Waals surface area contributed by atoms with Crippen molar-refractivity contribution in [2.75, 3.05) is 0 Å². The Bertz CT molecular complexity index is 189. The maximum atomic E-state index is 5.70. The lowest BCUT2D eigenvalue weighted by Gasteiger charge is -2.27. The standard InChI is InChI=1S/C15H28O2/c1-3-5-7-9-11-15(16-13-14-17-15)12-10-8-6-4-2/h13-14H,3-12H2,1-2H3. The molecule has 0 aliphatic carbocycles. The summed E-state index contributed by atoms with van der Waals surface area (Å²) in [5.41, 5.74) is 0.